The van der Waals surface area contributed by atoms with Crippen LogP contribution in [0.5, 0.6) is 0 Å². The van der Waals surface area contributed by atoms with Gasteiger partial charge >= 0.3 is 0 Å². The maximum absolute atomic E-state index is 11.2. The zero-order valence-corrected chi connectivity index (χ0v) is 12.7. The van der Waals surface area contributed by atoms with Crippen molar-refractivity contribution < 1.29 is 8.42 Å². The Morgan fingerprint density at radius 3 is 2.61 bits per heavy atom. The molecule has 18 heavy (non-hydrogen) atoms. The molecular weight excluding hydrogens is 250 g/mol. The molecule has 108 valence electrons. The highest BCUT2D eigenvalue weighted by molar-refractivity contribution is 7.88. The fraction of sp³-hybridized carbons (Fsp3) is 1.00. The summed E-state index contributed by atoms with van der Waals surface area (Å²) < 4.78 is 25.1. The lowest BCUT2D eigenvalue weighted by Gasteiger charge is -2.28. The molecule has 0 spiro atoms. The Bertz CT molecular complexity index is 348. The third-order valence-electron chi connectivity index (χ3n) is 3.15. The van der Waals surface area contributed by atoms with E-state index in [4.69, 9.17) is 0 Å². The molecule has 3 N–H and O–H groups in total. The van der Waals surface area contributed by atoms with Crippen LogP contribution in [-0.4, -0.2) is 45.4 Å². The van der Waals surface area contributed by atoms with E-state index in [2.05, 4.69) is 22.3 Å². The van der Waals surface area contributed by atoms with Gasteiger partial charge in [0.15, 0.2) is 0 Å². The molecule has 6 heteroatoms. The largest absolute Gasteiger partial charge is 0.314 e. The fourth-order valence-electron chi connectivity index (χ4n) is 2.44. The van der Waals surface area contributed by atoms with Crippen LogP contribution in [0.4, 0.5) is 0 Å². The molecule has 1 fully saturated rings. The summed E-state index contributed by atoms with van der Waals surface area (Å²) in [5.74, 6) is 0. The first-order valence-electron chi connectivity index (χ1n) is 6.64. The van der Waals surface area contributed by atoms with Crippen molar-refractivity contribution in [2.24, 2.45) is 0 Å². The molecule has 2 unspecified atom stereocenters. The topological polar surface area (TPSA) is 70.2 Å². The van der Waals surface area contributed by atoms with Crippen LogP contribution in [0.1, 0.15) is 40.0 Å². The molecule has 0 radical (unpaired) electrons. The lowest BCUT2D eigenvalue weighted by Crippen LogP contribution is -2.51. The van der Waals surface area contributed by atoms with Crippen LogP contribution in [0.25, 0.3) is 0 Å². The summed E-state index contributed by atoms with van der Waals surface area (Å²) in [7, 11) is -3.15. The lowest BCUT2D eigenvalue weighted by molar-refractivity contribution is 0.369. The van der Waals surface area contributed by atoms with Gasteiger partial charge in [0, 0.05) is 24.2 Å². The number of rotatable bonds is 7. The van der Waals surface area contributed by atoms with Crippen LogP contribution in [0.15, 0.2) is 0 Å². The van der Waals surface area contributed by atoms with Crippen LogP contribution in [0.2, 0.25) is 0 Å². The molecule has 1 saturated heterocycles. The normalized spacial score (nSPS) is 23.2. The fourth-order valence-corrected chi connectivity index (χ4v) is 3.51. The van der Waals surface area contributed by atoms with E-state index in [1.165, 1.54) is 19.1 Å². The van der Waals surface area contributed by atoms with Crippen molar-refractivity contribution in [3.05, 3.63) is 0 Å². The van der Waals surface area contributed by atoms with E-state index in [0.29, 0.717) is 18.6 Å². The van der Waals surface area contributed by atoms with E-state index < -0.39 is 15.6 Å². The molecule has 0 aromatic rings. The summed E-state index contributed by atoms with van der Waals surface area (Å²) in [5.41, 5.74) is -0.453. The first kappa shape index (κ1) is 15.9. The zero-order valence-electron chi connectivity index (χ0n) is 11.9. The van der Waals surface area contributed by atoms with Crippen LogP contribution < -0.4 is 15.4 Å². The SMILES string of the molecule is CC(CC1CCCN1)NCC(C)(C)NS(C)(=O)=O. The Hall–Kier alpha value is -0.170. The molecule has 0 saturated carbocycles. The first-order chi connectivity index (χ1) is 8.18. The molecule has 2 atom stereocenters. The van der Waals surface area contributed by atoms with Gasteiger partial charge in [0.25, 0.3) is 0 Å². The molecule has 1 rings (SSSR count). The van der Waals surface area contributed by atoms with Gasteiger partial charge in [-0.3, -0.25) is 0 Å². The highest BCUT2D eigenvalue weighted by atomic mass is 32.2. The lowest BCUT2D eigenvalue weighted by atomic mass is 10.0. The Kier molecular flexibility index (Phi) is 5.58. The minimum atomic E-state index is -3.15. The second kappa shape index (κ2) is 6.32. The maximum atomic E-state index is 11.2. The van der Waals surface area contributed by atoms with Crippen molar-refractivity contribution in [3.63, 3.8) is 0 Å². The van der Waals surface area contributed by atoms with Crippen molar-refractivity contribution in [3.8, 4) is 0 Å². The summed E-state index contributed by atoms with van der Waals surface area (Å²) in [6.07, 6.45) is 4.80. The zero-order chi connectivity index (χ0) is 13.8. The standard InChI is InChI=1S/C12H27N3O2S/c1-10(8-11-6-5-7-13-11)14-9-12(2,3)15-18(4,16)17/h10-11,13-15H,5-9H2,1-4H3. The van der Waals surface area contributed by atoms with Crippen LogP contribution in [0, 0.1) is 0 Å². The van der Waals surface area contributed by atoms with E-state index in [1.54, 1.807) is 0 Å². The second-order valence-corrected chi connectivity index (χ2v) is 7.82. The van der Waals surface area contributed by atoms with Gasteiger partial charge in [-0.1, -0.05) is 0 Å². The van der Waals surface area contributed by atoms with Gasteiger partial charge in [-0.15, -0.1) is 0 Å². The van der Waals surface area contributed by atoms with Crippen molar-refractivity contribution >= 4 is 10.0 Å². The van der Waals surface area contributed by atoms with Crippen molar-refractivity contribution in [1.29, 1.82) is 0 Å². The van der Waals surface area contributed by atoms with Gasteiger partial charge in [0.05, 0.1) is 6.26 Å². The molecule has 5 nitrogen and oxygen atoms in total. The van der Waals surface area contributed by atoms with Crippen LogP contribution in [-0.2, 0) is 10.0 Å². The maximum Gasteiger partial charge on any atom is 0.209 e. The minimum absolute atomic E-state index is 0.390. The van der Waals surface area contributed by atoms with Crippen molar-refractivity contribution in [2.45, 2.75) is 57.7 Å². The Labute approximate surface area is 111 Å². The number of sulfonamides is 1. The van der Waals surface area contributed by atoms with E-state index in [1.807, 2.05) is 13.8 Å². The number of hydrogen-bond donors (Lipinski definition) is 3. The van der Waals surface area contributed by atoms with Gasteiger partial charge in [-0.2, -0.15) is 0 Å². The molecule has 1 heterocycles. The van der Waals surface area contributed by atoms with Crippen molar-refractivity contribution in [2.75, 3.05) is 19.3 Å². The molecular formula is C12H27N3O2S. The van der Waals surface area contributed by atoms with Gasteiger partial charge in [0.1, 0.15) is 0 Å². The average Bonchev–Trinajstić information content (AvgIpc) is 2.64. The van der Waals surface area contributed by atoms with Crippen LogP contribution >= 0.6 is 0 Å². The third kappa shape index (κ3) is 6.68. The average molecular weight is 277 g/mol. The summed E-state index contributed by atoms with van der Waals surface area (Å²) in [6, 6.07) is 1.000. The van der Waals surface area contributed by atoms with Crippen LogP contribution in [0.3, 0.4) is 0 Å². The number of hydrogen-bond acceptors (Lipinski definition) is 4. The number of nitrogens with one attached hydrogen (secondary N) is 3. The quantitative estimate of drug-likeness (QED) is 0.631. The molecule has 0 aromatic heterocycles. The first-order valence-corrected chi connectivity index (χ1v) is 8.53. The third-order valence-corrected chi connectivity index (χ3v) is 4.08. The molecule has 1 aliphatic heterocycles. The smallest absolute Gasteiger partial charge is 0.209 e. The summed E-state index contributed by atoms with van der Waals surface area (Å²) >= 11 is 0. The van der Waals surface area contributed by atoms with Crippen molar-refractivity contribution in [1.82, 2.24) is 15.4 Å². The predicted octanol–water partition coefficient (Wildman–Crippen LogP) is 0.434. The van der Waals surface area contributed by atoms with Gasteiger partial charge in [0.2, 0.25) is 10.0 Å². The molecule has 0 aromatic carbocycles. The van der Waals surface area contributed by atoms with Gasteiger partial charge in [-0.05, 0) is 46.6 Å². The molecule has 1 aliphatic rings. The minimum Gasteiger partial charge on any atom is -0.314 e. The Balaban J connectivity index is 2.29. The van der Waals surface area contributed by atoms with Gasteiger partial charge < -0.3 is 10.6 Å². The predicted molar refractivity (Wildman–Crippen MR) is 75.2 cm³/mol. The Morgan fingerprint density at radius 1 is 1.44 bits per heavy atom. The van der Waals surface area contributed by atoms with E-state index in [9.17, 15) is 8.42 Å². The highest BCUT2D eigenvalue weighted by Crippen LogP contribution is 2.11. The molecule has 0 amide bonds. The van der Waals surface area contributed by atoms with Gasteiger partial charge in [-0.25, -0.2) is 13.1 Å². The van der Waals surface area contributed by atoms with E-state index >= 15 is 0 Å². The summed E-state index contributed by atoms with van der Waals surface area (Å²) in [4.78, 5) is 0. The summed E-state index contributed by atoms with van der Waals surface area (Å²) in [5, 5.41) is 6.88. The summed E-state index contributed by atoms with van der Waals surface area (Å²) in [6.45, 7) is 7.69. The Morgan fingerprint density at radius 2 is 2.11 bits per heavy atom. The monoisotopic (exact) mass is 277 g/mol. The van der Waals surface area contributed by atoms with E-state index in [-0.39, 0.29) is 0 Å². The highest BCUT2D eigenvalue weighted by Gasteiger charge is 2.23. The second-order valence-electron chi connectivity index (χ2n) is 6.07. The molecule has 0 aliphatic carbocycles. The van der Waals surface area contributed by atoms with E-state index in [0.717, 1.165) is 13.0 Å². The molecule has 0 bridgehead atoms.